The Labute approximate surface area is 198 Å². The molecule has 0 aliphatic carbocycles. The normalized spacial score (nSPS) is 13.3. The summed E-state index contributed by atoms with van der Waals surface area (Å²) in [6.07, 6.45) is -4.44. The zero-order valence-corrected chi connectivity index (χ0v) is 18.7. The van der Waals surface area contributed by atoms with Gasteiger partial charge in [0, 0.05) is 10.9 Å². The van der Waals surface area contributed by atoms with E-state index in [1.807, 2.05) is 5.32 Å². The maximum absolute atomic E-state index is 13.3. The minimum atomic E-state index is -5.03. The number of nitrogens with one attached hydrogen (secondary N) is 1. The highest BCUT2D eigenvalue weighted by Crippen LogP contribution is 2.33. The second-order valence-electron chi connectivity index (χ2n) is 7.79. The highest BCUT2D eigenvalue weighted by molar-refractivity contribution is 5.82. The molecule has 6 nitrogen and oxygen atoms in total. The quantitative estimate of drug-likeness (QED) is 0.357. The number of alkyl halides is 3. The van der Waals surface area contributed by atoms with Crippen molar-refractivity contribution in [3.8, 4) is 17.2 Å². The number of methoxy groups -OCH3 is 1. The fraction of sp³-hybridized carbons (Fsp3) is 0.200. The van der Waals surface area contributed by atoms with Crippen LogP contribution in [0, 0.1) is 5.82 Å². The predicted molar refractivity (Wildman–Crippen MR) is 121 cm³/mol. The van der Waals surface area contributed by atoms with Crippen LogP contribution in [0.15, 0.2) is 72.9 Å². The number of hydrogen-bond acceptors (Lipinski definition) is 4. The van der Waals surface area contributed by atoms with E-state index in [1.165, 1.54) is 26.2 Å². The number of hydrogen-bond donors (Lipinski definition) is 1. The van der Waals surface area contributed by atoms with Crippen molar-refractivity contribution in [3.63, 3.8) is 0 Å². The molecule has 4 rings (SSSR count). The molecule has 0 unspecified atom stereocenters. The summed E-state index contributed by atoms with van der Waals surface area (Å²) in [6, 6.07) is 16.6. The Balaban J connectivity index is 1.67. The fourth-order valence-corrected chi connectivity index (χ4v) is 3.72. The lowest BCUT2D eigenvalue weighted by Crippen LogP contribution is -2.45. The van der Waals surface area contributed by atoms with Crippen LogP contribution < -0.4 is 14.8 Å². The summed E-state index contributed by atoms with van der Waals surface area (Å²) in [5.41, 5.74) is 1.84. The molecule has 35 heavy (non-hydrogen) atoms. The predicted octanol–water partition coefficient (Wildman–Crippen LogP) is 5.36. The van der Waals surface area contributed by atoms with Crippen LogP contribution in [0.2, 0.25) is 0 Å². The molecule has 0 spiro atoms. The van der Waals surface area contributed by atoms with Gasteiger partial charge in [-0.15, -0.1) is 0 Å². The van der Waals surface area contributed by atoms with Crippen molar-refractivity contribution in [3.05, 3.63) is 84.3 Å². The van der Waals surface area contributed by atoms with Crippen molar-refractivity contribution in [2.75, 3.05) is 7.11 Å². The first-order chi connectivity index (χ1) is 16.7. The molecule has 1 aromatic heterocycles. The van der Waals surface area contributed by atoms with E-state index >= 15 is 0 Å². The van der Waals surface area contributed by atoms with Crippen LogP contribution >= 0.6 is 0 Å². The summed E-state index contributed by atoms with van der Waals surface area (Å²) in [5, 5.41) is 7.00. The van der Waals surface area contributed by atoms with Crippen LogP contribution in [-0.2, 0) is 4.79 Å². The molecule has 0 saturated heterocycles. The number of benzene rings is 3. The number of carbonyl (C=O) groups is 1. The lowest BCUT2D eigenvalue weighted by atomic mass is 10.0. The van der Waals surface area contributed by atoms with E-state index in [2.05, 4.69) is 5.10 Å². The average Bonchev–Trinajstić information content (AvgIpc) is 3.25. The molecule has 0 fully saturated rings. The topological polar surface area (TPSA) is 65.4 Å². The van der Waals surface area contributed by atoms with Crippen molar-refractivity contribution in [1.29, 1.82) is 0 Å². The van der Waals surface area contributed by atoms with Crippen LogP contribution in [0.1, 0.15) is 18.6 Å². The molecule has 0 aliphatic heterocycles. The van der Waals surface area contributed by atoms with E-state index in [9.17, 15) is 22.4 Å². The van der Waals surface area contributed by atoms with Gasteiger partial charge in [-0.2, -0.15) is 18.3 Å². The Morgan fingerprint density at radius 2 is 1.77 bits per heavy atom. The van der Waals surface area contributed by atoms with Crippen LogP contribution in [0.25, 0.3) is 16.6 Å². The SMILES string of the molecule is COc1ccccc1[C@@H](Oc1ccc2c(cnn2-c2ccc(F)cc2)c1)[C@H](C)NC(=O)C(F)(F)F. The highest BCUT2D eigenvalue weighted by Gasteiger charge is 2.40. The Morgan fingerprint density at radius 3 is 2.46 bits per heavy atom. The van der Waals surface area contributed by atoms with Gasteiger partial charge in [0.25, 0.3) is 0 Å². The van der Waals surface area contributed by atoms with Crippen LogP contribution in [0.4, 0.5) is 17.6 Å². The molecular weight excluding hydrogens is 466 g/mol. The molecule has 1 heterocycles. The molecular formula is C25H21F4N3O3. The first-order valence-corrected chi connectivity index (χ1v) is 10.6. The van der Waals surface area contributed by atoms with E-state index < -0.39 is 24.2 Å². The van der Waals surface area contributed by atoms with Gasteiger partial charge >= 0.3 is 12.1 Å². The molecule has 3 aromatic carbocycles. The third-order valence-electron chi connectivity index (χ3n) is 5.39. The lowest BCUT2D eigenvalue weighted by Gasteiger charge is -2.28. The molecule has 0 aliphatic rings. The van der Waals surface area contributed by atoms with Gasteiger partial charge in [-0.1, -0.05) is 18.2 Å². The van der Waals surface area contributed by atoms with Gasteiger partial charge in [-0.3, -0.25) is 4.79 Å². The minimum absolute atomic E-state index is 0.347. The third kappa shape index (κ3) is 5.21. The second-order valence-corrected chi connectivity index (χ2v) is 7.79. The number of fused-ring (bicyclic) bond motifs is 1. The Morgan fingerprint density at radius 1 is 1.06 bits per heavy atom. The number of rotatable bonds is 7. The summed E-state index contributed by atoms with van der Waals surface area (Å²) < 4.78 is 65.0. The molecule has 4 aromatic rings. The van der Waals surface area contributed by atoms with Crippen LogP contribution in [0.3, 0.4) is 0 Å². The van der Waals surface area contributed by atoms with Crippen LogP contribution in [0.5, 0.6) is 11.5 Å². The molecule has 0 saturated carbocycles. The van der Waals surface area contributed by atoms with Gasteiger partial charge in [0.05, 0.1) is 30.6 Å². The zero-order chi connectivity index (χ0) is 25.2. The minimum Gasteiger partial charge on any atom is -0.496 e. The largest absolute Gasteiger partial charge is 0.496 e. The van der Waals surface area contributed by atoms with Crippen molar-refractivity contribution in [1.82, 2.24) is 15.1 Å². The number of aromatic nitrogens is 2. The molecule has 1 N–H and O–H groups in total. The third-order valence-corrected chi connectivity index (χ3v) is 5.39. The number of halogens is 4. The van der Waals surface area contributed by atoms with Crippen LogP contribution in [-0.4, -0.2) is 35.0 Å². The second kappa shape index (κ2) is 9.65. The first-order valence-electron chi connectivity index (χ1n) is 10.6. The molecule has 1 amide bonds. The molecule has 0 radical (unpaired) electrons. The summed E-state index contributed by atoms with van der Waals surface area (Å²) in [5.74, 6) is -1.68. The van der Waals surface area contributed by atoms with E-state index in [0.29, 0.717) is 28.1 Å². The van der Waals surface area contributed by atoms with Crippen molar-refractivity contribution < 1.29 is 31.8 Å². The van der Waals surface area contributed by atoms with E-state index in [0.717, 1.165) is 5.52 Å². The number of nitrogens with zero attached hydrogens (tertiary/aromatic N) is 2. The van der Waals surface area contributed by atoms with Gasteiger partial charge in [0.2, 0.25) is 0 Å². The van der Waals surface area contributed by atoms with E-state index in [-0.39, 0.29) is 5.82 Å². The summed E-state index contributed by atoms with van der Waals surface area (Å²) in [4.78, 5) is 11.6. The van der Waals surface area contributed by atoms with Gasteiger partial charge in [0.1, 0.15) is 23.4 Å². The Bertz CT molecular complexity index is 1340. The number of amides is 1. The monoisotopic (exact) mass is 487 g/mol. The number of para-hydroxylation sites is 1. The fourth-order valence-electron chi connectivity index (χ4n) is 3.72. The lowest BCUT2D eigenvalue weighted by molar-refractivity contribution is -0.174. The number of carbonyl (C=O) groups excluding carboxylic acids is 1. The van der Waals surface area contributed by atoms with E-state index in [1.54, 1.807) is 65.5 Å². The van der Waals surface area contributed by atoms with E-state index in [4.69, 9.17) is 9.47 Å². The summed E-state index contributed by atoms with van der Waals surface area (Å²) in [7, 11) is 1.44. The zero-order valence-electron chi connectivity index (χ0n) is 18.7. The molecule has 10 heteroatoms. The van der Waals surface area contributed by atoms with Crippen molar-refractivity contribution in [2.45, 2.75) is 25.2 Å². The Hall–Kier alpha value is -4.08. The van der Waals surface area contributed by atoms with Gasteiger partial charge in [-0.05, 0) is 55.5 Å². The van der Waals surface area contributed by atoms with Gasteiger partial charge < -0.3 is 14.8 Å². The molecule has 0 bridgehead atoms. The highest BCUT2D eigenvalue weighted by atomic mass is 19.4. The maximum atomic E-state index is 13.3. The maximum Gasteiger partial charge on any atom is 0.471 e. The first kappa shape index (κ1) is 24.1. The average molecular weight is 487 g/mol. The summed E-state index contributed by atoms with van der Waals surface area (Å²) in [6.45, 7) is 1.42. The summed E-state index contributed by atoms with van der Waals surface area (Å²) >= 11 is 0. The molecule has 2 atom stereocenters. The van der Waals surface area contributed by atoms with Crippen molar-refractivity contribution in [2.24, 2.45) is 0 Å². The molecule has 182 valence electrons. The Kier molecular flexibility index (Phi) is 6.63. The van der Waals surface area contributed by atoms with Gasteiger partial charge in [0.15, 0.2) is 0 Å². The standard InChI is InChI=1S/C25H21F4N3O3/c1-15(31-24(33)25(27,28)29)23(20-5-3-4-6-22(20)34-2)35-19-11-12-21-16(13-19)14-30-32(21)18-9-7-17(26)8-10-18/h3-15,23H,1-2H3,(H,31,33)/t15-,23-/m0/s1. The number of ether oxygens (including phenoxy) is 2. The van der Waals surface area contributed by atoms with Crippen molar-refractivity contribution >= 4 is 16.8 Å². The van der Waals surface area contributed by atoms with Gasteiger partial charge in [-0.25, -0.2) is 9.07 Å². The smallest absolute Gasteiger partial charge is 0.471 e.